The maximum Gasteiger partial charge on any atom is 0.0861 e. The summed E-state index contributed by atoms with van der Waals surface area (Å²) in [5.41, 5.74) is 18.2. The molecule has 0 radical (unpaired) electrons. The number of nitrogens with zero attached hydrogens (tertiary/aromatic N) is 3. The van der Waals surface area contributed by atoms with Crippen LogP contribution >= 0.6 is 0 Å². The van der Waals surface area contributed by atoms with Gasteiger partial charge in [-0.3, -0.25) is 0 Å². The van der Waals surface area contributed by atoms with Gasteiger partial charge in [0, 0.05) is 50.9 Å². The lowest BCUT2D eigenvalue weighted by Gasteiger charge is -2.29. The van der Waals surface area contributed by atoms with Crippen molar-refractivity contribution in [2.75, 3.05) is 14.7 Å². The summed E-state index contributed by atoms with van der Waals surface area (Å²) in [6, 6.07) is 86.1. The van der Waals surface area contributed by atoms with Crippen LogP contribution in [0.5, 0.6) is 0 Å². The second-order valence-electron chi connectivity index (χ2n) is 15.3. The van der Waals surface area contributed by atoms with Crippen molar-refractivity contribution in [1.29, 1.82) is 0 Å². The molecule has 2 aliphatic heterocycles. The standard InChI is InChI=1S/C56H41N3/c1-4-14-40(15-5-1)42-24-32-47(33-25-42)57(48-34-26-43(27-35-48)41-16-6-2-7-17-41)49-36-28-44(29-37-49)45-30-38-50(39-31-45)59-54-23-13-11-21-52(54)55-56(59)51-20-10-12-22-53(51)58(55)46-18-8-3-9-19-46/h1-39,55-56H. The largest absolute Gasteiger partial charge is 0.331 e. The van der Waals surface area contributed by atoms with Gasteiger partial charge in [0.2, 0.25) is 0 Å². The Bertz CT molecular complexity index is 2770. The number of hydrogen-bond donors (Lipinski definition) is 0. The molecule has 0 amide bonds. The average Bonchev–Trinajstić information content (AvgIpc) is 3.84. The van der Waals surface area contributed by atoms with Gasteiger partial charge >= 0.3 is 0 Å². The van der Waals surface area contributed by atoms with Gasteiger partial charge in [0.25, 0.3) is 0 Å². The van der Waals surface area contributed by atoms with Crippen molar-refractivity contribution >= 4 is 39.8 Å². The third-order valence-corrected chi connectivity index (χ3v) is 12.0. The van der Waals surface area contributed by atoms with Gasteiger partial charge in [-0.25, -0.2) is 0 Å². The number of para-hydroxylation sites is 3. The quantitative estimate of drug-likeness (QED) is 0.153. The molecular formula is C56H41N3. The van der Waals surface area contributed by atoms with Crippen molar-refractivity contribution < 1.29 is 0 Å². The second kappa shape index (κ2) is 14.7. The van der Waals surface area contributed by atoms with E-state index in [-0.39, 0.29) is 12.1 Å². The van der Waals surface area contributed by atoms with Gasteiger partial charge in [0.05, 0.1) is 12.1 Å². The predicted molar refractivity (Wildman–Crippen MR) is 247 cm³/mol. The molecule has 2 unspecified atom stereocenters. The van der Waals surface area contributed by atoms with Crippen molar-refractivity contribution in [3.8, 4) is 33.4 Å². The van der Waals surface area contributed by atoms with Crippen LogP contribution in [-0.4, -0.2) is 0 Å². The first-order valence-electron chi connectivity index (χ1n) is 20.4. The lowest BCUT2D eigenvalue weighted by atomic mass is 10.00. The molecule has 11 rings (SSSR count). The van der Waals surface area contributed by atoms with E-state index in [1.807, 2.05) is 0 Å². The molecule has 3 heteroatoms. The molecule has 3 nitrogen and oxygen atoms in total. The zero-order valence-corrected chi connectivity index (χ0v) is 32.5. The summed E-state index contributed by atoms with van der Waals surface area (Å²) in [6.07, 6.45) is 0. The first kappa shape index (κ1) is 34.6. The average molecular weight is 756 g/mol. The van der Waals surface area contributed by atoms with E-state index in [1.54, 1.807) is 0 Å². The van der Waals surface area contributed by atoms with Crippen LogP contribution < -0.4 is 14.7 Å². The molecule has 2 aliphatic rings. The Balaban J connectivity index is 0.917. The summed E-state index contributed by atoms with van der Waals surface area (Å²) in [7, 11) is 0. The van der Waals surface area contributed by atoms with Crippen LogP contribution in [-0.2, 0) is 0 Å². The number of fused-ring (bicyclic) bond motifs is 5. The van der Waals surface area contributed by atoms with E-state index in [2.05, 4.69) is 251 Å². The summed E-state index contributed by atoms with van der Waals surface area (Å²) in [6.45, 7) is 0. The van der Waals surface area contributed by atoms with E-state index in [9.17, 15) is 0 Å². The molecule has 9 aromatic rings. The van der Waals surface area contributed by atoms with Crippen LogP contribution in [0.1, 0.15) is 23.2 Å². The van der Waals surface area contributed by atoms with E-state index >= 15 is 0 Å². The Kier molecular flexibility index (Phi) is 8.63. The van der Waals surface area contributed by atoms with Crippen LogP contribution in [0.25, 0.3) is 33.4 Å². The van der Waals surface area contributed by atoms with Gasteiger partial charge in [-0.15, -0.1) is 0 Å². The Morgan fingerprint density at radius 1 is 0.254 bits per heavy atom. The number of rotatable bonds is 8. The Morgan fingerprint density at radius 3 is 0.932 bits per heavy atom. The predicted octanol–water partition coefficient (Wildman–Crippen LogP) is 15.2. The highest BCUT2D eigenvalue weighted by Gasteiger charge is 2.49. The first-order valence-corrected chi connectivity index (χ1v) is 20.4. The highest BCUT2D eigenvalue weighted by Crippen LogP contribution is 2.62. The third-order valence-electron chi connectivity index (χ3n) is 12.0. The highest BCUT2D eigenvalue weighted by molar-refractivity contribution is 5.85. The Hall–Kier alpha value is -7.62. The molecule has 0 saturated carbocycles. The van der Waals surface area contributed by atoms with Gasteiger partial charge in [-0.1, -0.05) is 164 Å². The highest BCUT2D eigenvalue weighted by atomic mass is 15.3. The molecule has 0 N–H and O–H groups in total. The molecule has 59 heavy (non-hydrogen) atoms. The zero-order chi connectivity index (χ0) is 39.1. The Labute approximate surface area is 346 Å². The monoisotopic (exact) mass is 755 g/mol. The minimum Gasteiger partial charge on any atom is -0.331 e. The van der Waals surface area contributed by atoms with E-state index in [1.165, 1.54) is 67.3 Å². The van der Waals surface area contributed by atoms with Crippen molar-refractivity contribution in [1.82, 2.24) is 0 Å². The van der Waals surface area contributed by atoms with Crippen LogP contribution in [0.3, 0.4) is 0 Å². The van der Waals surface area contributed by atoms with Gasteiger partial charge in [0.15, 0.2) is 0 Å². The third kappa shape index (κ3) is 6.16. The molecule has 2 atom stereocenters. The molecule has 280 valence electrons. The molecule has 0 aliphatic carbocycles. The van der Waals surface area contributed by atoms with E-state index in [4.69, 9.17) is 0 Å². The number of benzene rings is 9. The minimum absolute atomic E-state index is 0.156. The van der Waals surface area contributed by atoms with Crippen molar-refractivity contribution in [3.05, 3.63) is 248 Å². The number of hydrogen-bond acceptors (Lipinski definition) is 3. The lowest BCUT2D eigenvalue weighted by molar-refractivity contribution is 0.634. The van der Waals surface area contributed by atoms with Gasteiger partial charge < -0.3 is 14.7 Å². The van der Waals surface area contributed by atoms with E-state index in [0.29, 0.717) is 0 Å². The van der Waals surface area contributed by atoms with Crippen LogP contribution in [0.2, 0.25) is 0 Å². The molecule has 0 fully saturated rings. The molecule has 2 heterocycles. The maximum atomic E-state index is 2.55. The summed E-state index contributed by atoms with van der Waals surface area (Å²) >= 11 is 0. The molecule has 0 bridgehead atoms. The van der Waals surface area contributed by atoms with Crippen molar-refractivity contribution in [2.24, 2.45) is 0 Å². The smallest absolute Gasteiger partial charge is 0.0861 e. The fraction of sp³-hybridized carbons (Fsp3) is 0.0357. The topological polar surface area (TPSA) is 9.72 Å². The fourth-order valence-corrected chi connectivity index (χ4v) is 9.23. The van der Waals surface area contributed by atoms with Crippen LogP contribution in [0, 0.1) is 0 Å². The van der Waals surface area contributed by atoms with E-state index in [0.717, 1.165) is 17.1 Å². The molecule has 0 spiro atoms. The number of anilines is 7. The summed E-state index contributed by atoms with van der Waals surface area (Å²) in [5.74, 6) is 0. The maximum absolute atomic E-state index is 2.55. The SMILES string of the molecule is c1ccc(-c2ccc(N(c3ccc(-c4ccccc4)cc3)c3ccc(-c4ccc(N5c6ccccc6C6C5c5ccccc5N6c5ccccc5)cc4)cc3)cc2)cc1. The van der Waals surface area contributed by atoms with Gasteiger partial charge in [0.1, 0.15) is 0 Å². The molecular weight excluding hydrogens is 715 g/mol. The minimum atomic E-state index is 0.156. The van der Waals surface area contributed by atoms with Crippen molar-refractivity contribution in [3.63, 3.8) is 0 Å². The summed E-state index contributed by atoms with van der Waals surface area (Å²) in [4.78, 5) is 7.43. The Morgan fingerprint density at radius 2 is 0.542 bits per heavy atom. The zero-order valence-electron chi connectivity index (χ0n) is 32.5. The van der Waals surface area contributed by atoms with Crippen molar-refractivity contribution in [2.45, 2.75) is 12.1 Å². The normalized spacial score (nSPS) is 15.1. The molecule has 0 saturated heterocycles. The fourth-order valence-electron chi connectivity index (χ4n) is 9.23. The van der Waals surface area contributed by atoms with Gasteiger partial charge in [-0.05, 0) is 106 Å². The lowest BCUT2D eigenvalue weighted by Crippen LogP contribution is -2.24. The van der Waals surface area contributed by atoms with Gasteiger partial charge in [-0.2, -0.15) is 0 Å². The van der Waals surface area contributed by atoms with Crippen LogP contribution in [0.15, 0.2) is 237 Å². The molecule has 9 aromatic carbocycles. The second-order valence-corrected chi connectivity index (χ2v) is 15.3. The van der Waals surface area contributed by atoms with E-state index < -0.39 is 0 Å². The summed E-state index contributed by atoms with van der Waals surface area (Å²) in [5, 5.41) is 0. The first-order chi connectivity index (χ1) is 29.3. The van der Waals surface area contributed by atoms with Crippen LogP contribution in [0.4, 0.5) is 39.8 Å². The molecule has 0 aromatic heterocycles. The summed E-state index contributed by atoms with van der Waals surface area (Å²) < 4.78 is 0.